The number of hydrogen-bond acceptors (Lipinski definition) is 3. The van der Waals surface area contributed by atoms with Crippen LogP contribution in [-0.2, 0) is 9.47 Å². The number of carbonyl (C=O) groups is 1. The molecule has 0 aromatic rings. The van der Waals surface area contributed by atoms with Crippen LogP contribution in [0.2, 0.25) is 0 Å². The molecule has 2 fully saturated rings. The van der Waals surface area contributed by atoms with Gasteiger partial charge in [-0.2, -0.15) is 0 Å². The van der Waals surface area contributed by atoms with Crippen molar-refractivity contribution in [1.29, 1.82) is 0 Å². The van der Waals surface area contributed by atoms with E-state index in [9.17, 15) is 9.18 Å². The lowest BCUT2D eigenvalue weighted by Gasteiger charge is -2.42. The maximum Gasteiger partial charge on any atom is 0.410 e. The molecule has 1 spiro atoms. The zero-order valence-electron chi connectivity index (χ0n) is 21.5. The van der Waals surface area contributed by atoms with Gasteiger partial charge in [-0.1, -0.05) is 53.0 Å². The average molecular weight is 450 g/mol. The Morgan fingerprint density at radius 1 is 1.25 bits per heavy atom. The number of amides is 1. The summed E-state index contributed by atoms with van der Waals surface area (Å²) in [5.74, 6) is -0.229. The summed E-state index contributed by atoms with van der Waals surface area (Å²) in [6.45, 7) is 22.4. The highest BCUT2D eigenvalue weighted by Gasteiger charge is 2.57. The largest absolute Gasteiger partial charge is 0.444 e. The number of carbonyl (C=O) groups excluding carboxylic acids is 1. The predicted octanol–water partition coefficient (Wildman–Crippen LogP) is 7.08. The van der Waals surface area contributed by atoms with Crippen molar-refractivity contribution in [3.8, 4) is 0 Å². The van der Waals surface area contributed by atoms with Gasteiger partial charge in [0.05, 0.1) is 12.1 Å². The van der Waals surface area contributed by atoms with Crippen LogP contribution in [0.1, 0.15) is 74.1 Å². The van der Waals surface area contributed by atoms with E-state index in [4.69, 9.17) is 9.47 Å². The fourth-order valence-corrected chi connectivity index (χ4v) is 5.33. The second-order valence-corrected chi connectivity index (χ2v) is 11.9. The molecule has 2 rings (SSSR count). The molecule has 1 aliphatic heterocycles. The fraction of sp³-hybridized carbons (Fsp3) is 0.741. The first kappa shape index (κ1) is 26.6. The molecule has 0 bridgehead atoms. The number of rotatable bonds is 8. The number of likely N-dealkylation sites (tertiary alicyclic amines) is 1. The van der Waals surface area contributed by atoms with Gasteiger partial charge in [0.15, 0.2) is 0 Å². The van der Waals surface area contributed by atoms with Gasteiger partial charge in [-0.25, -0.2) is 9.18 Å². The maximum absolute atomic E-state index is 14.2. The zero-order chi connectivity index (χ0) is 24.5. The van der Waals surface area contributed by atoms with Crippen LogP contribution >= 0.6 is 0 Å². The van der Waals surface area contributed by atoms with Crippen LogP contribution in [0.4, 0.5) is 9.18 Å². The smallest absolute Gasteiger partial charge is 0.410 e. The number of allylic oxidation sites excluding steroid dienone is 4. The Balaban J connectivity index is 2.34. The van der Waals surface area contributed by atoms with Crippen molar-refractivity contribution in [1.82, 2.24) is 4.90 Å². The molecule has 0 N–H and O–H groups in total. The van der Waals surface area contributed by atoms with Gasteiger partial charge in [0, 0.05) is 13.7 Å². The minimum absolute atomic E-state index is 0.0578. The van der Waals surface area contributed by atoms with E-state index in [2.05, 4.69) is 40.9 Å². The average Bonchev–Trinajstić information content (AvgIpc) is 3.28. The van der Waals surface area contributed by atoms with E-state index >= 15 is 0 Å². The van der Waals surface area contributed by atoms with Crippen LogP contribution in [0, 0.1) is 22.7 Å². The topological polar surface area (TPSA) is 38.8 Å². The summed E-state index contributed by atoms with van der Waals surface area (Å²) in [4.78, 5) is 15.0. The summed E-state index contributed by atoms with van der Waals surface area (Å²) in [7, 11) is 1.72. The molecule has 5 heteroatoms. The second kappa shape index (κ2) is 9.70. The third-order valence-electron chi connectivity index (χ3n) is 7.16. The summed E-state index contributed by atoms with van der Waals surface area (Å²) in [5, 5.41) is 0. The minimum Gasteiger partial charge on any atom is -0.444 e. The number of nitrogens with zero attached hydrogens (tertiary/aromatic N) is 1. The molecular weight excluding hydrogens is 405 g/mol. The molecular formula is C27H44FNO3. The predicted molar refractivity (Wildman–Crippen MR) is 129 cm³/mol. The van der Waals surface area contributed by atoms with Gasteiger partial charge in [-0.05, 0) is 74.7 Å². The van der Waals surface area contributed by atoms with E-state index in [1.165, 1.54) is 0 Å². The molecule has 182 valence electrons. The van der Waals surface area contributed by atoms with E-state index < -0.39 is 11.4 Å². The molecule has 1 saturated carbocycles. The first-order chi connectivity index (χ1) is 14.6. The van der Waals surface area contributed by atoms with Crippen molar-refractivity contribution in [2.75, 3.05) is 13.7 Å². The Bertz CT molecular complexity index is 739. The van der Waals surface area contributed by atoms with E-state index in [0.717, 1.165) is 25.8 Å². The number of hydrogen-bond donors (Lipinski definition) is 0. The number of halogens is 1. The van der Waals surface area contributed by atoms with E-state index in [0.29, 0.717) is 12.0 Å². The van der Waals surface area contributed by atoms with Crippen molar-refractivity contribution in [2.24, 2.45) is 22.7 Å². The Kier molecular flexibility index (Phi) is 8.08. The summed E-state index contributed by atoms with van der Waals surface area (Å²) in [6, 6.07) is -0.0578. The van der Waals surface area contributed by atoms with Gasteiger partial charge in [-0.3, -0.25) is 0 Å². The van der Waals surface area contributed by atoms with Gasteiger partial charge in [0.2, 0.25) is 0 Å². The van der Waals surface area contributed by atoms with Crippen LogP contribution in [0.25, 0.3) is 0 Å². The van der Waals surface area contributed by atoms with Crippen LogP contribution in [-0.4, -0.2) is 42.4 Å². The third-order valence-corrected chi connectivity index (χ3v) is 7.16. The molecule has 1 heterocycles. The third kappa shape index (κ3) is 6.46. The SMILES string of the molecule is C=C/C=C(/CC(C(C)C(OC)C1CC2(CC2)CN1C(=O)OC(C)(C)C)C(C)(C)C)C(=C)F. The highest BCUT2D eigenvalue weighted by Crippen LogP contribution is 2.56. The first-order valence-corrected chi connectivity index (χ1v) is 11.8. The zero-order valence-corrected chi connectivity index (χ0v) is 21.5. The molecule has 4 atom stereocenters. The van der Waals surface area contributed by atoms with Gasteiger partial charge >= 0.3 is 6.09 Å². The molecule has 2 aliphatic rings. The molecule has 1 saturated heterocycles. The van der Waals surface area contributed by atoms with Gasteiger partial charge in [-0.15, -0.1) is 0 Å². The normalized spacial score (nSPS) is 23.6. The number of ether oxygens (including phenoxy) is 2. The molecule has 1 aliphatic carbocycles. The summed E-state index contributed by atoms with van der Waals surface area (Å²) >= 11 is 0. The fourth-order valence-electron chi connectivity index (χ4n) is 5.33. The van der Waals surface area contributed by atoms with Crippen molar-refractivity contribution in [3.05, 3.63) is 36.7 Å². The highest BCUT2D eigenvalue weighted by molar-refractivity contribution is 5.69. The Labute approximate surface area is 194 Å². The summed E-state index contributed by atoms with van der Waals surface area (Å²) in [6.07, 6.45) is 6.62. The van der Waals surface area contributed by atoms with E-state index in [1.54, 1.807) is 19.3 Å². The summed E-state index contributed by atoms with van der Waals surface area (Å²) in [5.41, 5.74) is 0.125. The molecule has 0 aromatic heterocycles. The lowest BCUT2D eigenvalue weighted by molar-refractivity contribution is -0.0458. The summed E-state index contributed by atoms with van der Waals surface area (Å²) < 4.78 is 26.0. The van der Waals surface area contributed by atoms with Gasteiger partial charge < -0.3 is 14.4 Å². The quantitative estimate of drug-likeness (QED) is 0.372. The first-order valence-electron chi connectivity index (χ1n) is 11.8. The van der Waals surface area contributed by atoms with Crippen LogP contribution in [0.5, 0.6) is 0 Å². The standard InChI is InChI=1S/C27H44FNO3/c1-11-12-20(19(3)28)15-21(25(4,5)6)18(2)23(31-10)22-16-27(13-14-27)17-29(22)24(30)32-26(7,8)9/h11-12,18,21-23H,1,3,13-17H2,2,4-10H3/b20-12-. The lowest BCUT2D eigenvalue weighted by atomic mass is 9.67. The molecule has 0 radical (unpaired) electrons. The Morgan fingerprint density at radius 2 is 1.84 bits per heavy atom. The van der Waals surface area contributed by atoms with Crippen LogP contribution < -0.4 is 0 Å². The Morgan fingerprint density at radius 3 is 2.25 bits per heavy atom. The molecule has 4 unspecified atom stereocenters. The number of methoxy groups -OCH3 is 1. The van der Waals surface area contributed by atoms with E-state index in [1.807, 2.05) is 25.7 Å². The maximum atomic E-state index is 14.2. The van der Waals surface area contributed by atoms with Crippen molar-refractivity contribution < 1.29 is 18.7 Å². The van der Waals surface area contributed by atoms with Gasteiger partial charge in [0.1, 0.15) is 11.4 Å². The monoisotopic (exact) mass is 449 g/mol. The van der Waals surface area contributed by atoms with Gasteiger partial charge in [0.25, 0.3) is 0 Å². The van der Waals surface area contributed by atoms with Crippen molar-refractivity contribution >= 4 is 6.09 Å². The highest BCUT2D eigenvalue weighted by atomic mass is 19.1. The Hall–Kier alpha value is -1.62. The molecule has 1 amide bonds. The molecule has 0 aromatic carbocycles. The van der Waals surface area contributed by atoms with Crippen molar-refractivity contribution in [2.45, 2.75) is 91.9 Å². The second-order valence-electron chi connectivity index (χ2n) is 11.9. The lowest BCUT2D eigenvalue weighted by Crippen LogP contribution is -2.50. The van der Waals surface area contributed by atoms with Crippen molar-refractivity contribution in [3.63, 3.8) is 0 Å². The molecule has 4 nitrogen and oxygen atoms in total. The molecule has 32 heavy (non-hydrogen) atoms. The van der Waals surface area contributed by atoms with Crippen LogP contribution in [0.3, 0.4) is 0 Å². The van der Waals surface area contributed by atoms with Crippen LogP contribution in [0.15, 0.2) is 36.7 Å². The van der Waals surface area contributed by atoms with E-state index in [-0.39, 0.29) is 40.9 Å². The minimum atomic E-state index is -0.547.